The first-order valence-corrected chi connectivity index (χ1v) is 7.72. The van der Waals surface area contributed by atoms with Gasteiger partial charge in [0.15, 0.2) is 5.43 Å². The highest BCUT2D eigenvalue weighted by molar-refractivity contribution is 6.00. The van der Waals surface area contributed by atoms with Crippen LogP contribution in [0.5, 0.6) is 0 Å². The molecule has 1 aromatic heterocycles. The van der Waals surface area contributed by atoms with Crippen LogP contribution in [0.15, 0.2) is 45.0 Å². The number of hydrogen-bond acceptors (Lipinski definition) is 8. The first kappa shape index (κ1) is 17.7. The molecule has 3 rings (SSSR count). The van der Waals surface area contributed by atoms with E-state index in [1.807, 2.05) is 13.0 Å². The number of benzene rings is 1. The highest BCUT2D eigenvalue weighted by Gasteiger charge is 2.44. The number of likely N-dealkylation sites (N-methyl/N-ethyl adjacent to an activating group) is 1. The molecule has 1 aliphatic rings. The van der Waals surface area contributed by atoms with Crippen LogP contribution in [0.2, 0.25) is 0 Å². The van der Waals surface area contributed by atoms with Gasteiger partial charge in [0.25, 0.3) is 0 Å². The Morgan fingerprint density at radius 1 is 1.15 bits per heavy atom. The van der Waals surface area contributed by atoms with Gasteiger partial charge >= 0.3 is 11.9 Å². The van der Waals surface area contributed by atoms with Crippen molar-refractivity contribution in [2.45, 2.75) is 13.0 Å². The van der Waals surface area contributed by atoms with Crippen molar-refractivity contribution < 1.29 is 28.3 Å². The van der Waals surface area contributed by atoms with E-state index in [0.29, 0.717) is 11.0 Å². The first-order valence-electron chi connectivity index (χ1n) is 7.72. The average Bonchev–Trinajstić information content (AvgIpc) is 2.98. The molecule has 0 N–H and O–H groups in total. The molecule has 1 unspecified atom stereocenters. The summed E-state index contributed by atoms with van der Waals surface area (Å²) in [6.45, 7) is 1.85. The van der Waals surface area contributed by atoms with Gasteiger partial charge in [0.2, 0.25) is 5.76 Å². The molecule has 1 aromatic carbocycles. The number of esters is 2. The minimum atomic E-state index is -0.974. The van der Waals surface area contributed by atoms with Crippen LogP contribution in [0.4, 0.5) is 0 Å². The Kier molecular flexibility index (Phi) is 4.52. The fourth-order valence-electron chi connectivity index (χ4n) is 2.91. The van der Waals surface area contributed by atoms with E-state index in [9.17, 15) is 14.4 Å². The lowest BCUT2D eigenvalue weighted by Crippen LogP contribution is -2.27. The third-order valence-corrected chi connectivity index (χ3v) is 4.14. The van der Waals surface area contributed by atoms with Crippen molar-refractivity contribution in [2.24, 2.45) is 0 Å². The number of carbonyl (C=O) groups is 2. The molecule has 0 aliphatic carbocycles. The number of nitrogens with zero attached hydrogens (tertiary/aromatic N) is 1. The van der Waals surface area contributed by atoms with Crippen LogP contribution in [0.25, 0.3) is 11.0 Å². The van der Waals surface area contributed by atoms with E-state index in [0.717, 1.165) is 12.7 Å². The smallest absolute Gasteiger partial charge is 0.376 e. The van der Waals surface area contributed by atoms with Crippen LogP contribution in [-0.2, 0) is 23.9 Å². The van der Waals surface area contributed by atoms with Gasteiger partial charge in [-0.05, 0) is 19.1 Å². The number of carbonyl (C=O) groups excluding carboxylic acids is 2. The molecule has 1 aliphatic heterocycles. The molecule has 136 valence electrons. The SMILES string of the molecule is COC(=O)C1=C(C(=O)OC)C(c2coc3ccc(C)cc3c2=O)N(C)O1. The van der Waals surface area contributed by atoms with Crippen LogP contribution >= 0.6 is 0 Å². The normalized spacial score (nSPS) is 17.3. The maximum absolute atomic E-state index is 13.0. The molecule has 2 heterocycles. The zero-order chi connectivity index (χ0) is 19.0. The lowest BCUT2D eigenvalue weighted by molar-refractivity contribution is -0.152. The van der Waals surface area contributed by atoms with E-state index in [4.69, 9.17) is 14.0 Å². The molecule has 1 atom stereocenters. The Morgan fingerprint density at radius 2 is 1.85 bits per heavy atom. The van der Waals surface area contributed by atoms with Crippen molar-refractivity contribution in [3.8, 4) is 0 Å². The molecule has 0 spiro atoms. The van der Waals surface area contributed by atoms with Gasteiger partial charge in [-0.1, -0.05) is 11.6 Å². The predicted molar refractivity (Wildman–Crippen MR) is 89.9 cm³/mol. The van der Waals surface area contributed by atoms with Gasteiger partial charge < -0.3 is 18.7 Å². The van der Waals surface area contributed by atoms with Gasteiger partial charge in [0, 0.05) is 7.05 Å². The van der Waals surface area contributed by atoms with Crippen molar-refractivity contribution in [2.75, 3.05) is 21.3 Å². The summed E-state index contributed by atoms with van der Waals surface area (Å²) in [6, 6.07) is 4.24. The minimum absolute atomic E-state index is 0.124. The van der Waals surface area contributed by atoms with Crippen LogP contribution in [0.3, 0.4) is 0 Å². The molecule has 8 nitrogen and oxygen atoms in total. The zero-order valence-electron chi connectivity index (χ0n) is 14.7. The zero-order valence-corrected chi connectivity index (χ0v) is 14.7. The summed E-state index contributed by atoms with van der Waals surface area (Å²) in [4.78, 5) is 42.6. The second-order valence-electron chi connectivity index (χ2n) is 5.79. The van der Waals surface area contributed by atoms with Crippen molar-refractivity contribution >= 4 is 22.9 Å². The van der Waals surface area contributed by atoms with Gasteiger partial charge in [-0.2, -0.15) is 0 Å². The summed E-state index contributed by atoms with van der Waals surface area (Å²) >= 11 is 0. The Hall–Kier alpha value is -3.13. The van der Waals surface area contributed by atoms with E-state index >= 15 is 0 Å². The summed E-state index contributed by atoms with van der Waals surface area (Å²) in [6.07, 6.45) is 1.26. The molecule has 8 heteroatoms. The fourth-order valence-corrected chi connectivity index (χ4v) is 2.91. The number of rotatable bonds is 3. The van der Waals surface area contributed by atoms with E-state index in [1.54, 1.807) is 12.1 Å². The monoisotopic (exact) mass is 359 g/mol. The average molecular weight is 359 g/mol. The summed E-state index contributed by atoms with van der Waals surface area (Å²) in [5.41, 5.74) is 0.994. The summed E-state index contributed by atoms with van der Waals surface area (Å²) < 4.78 is 15.0. The van der Waals surface area contributed by atoms with E-state index in [1.165, 1.54) is 25.5 Å². The number of hydrogen-bond donors (Lipinski definition) is 0. The molecular formula is C18H17NO7. The molecule has 0 bridgehead atoms. The molecule has 0 amide bonds. The quantitative estimate of drug-likeness (QED) is 0.763. The minimum Gasteiger partial charge on any atom is -0.465 e. The van der Waals surface area contributed by atoms with Gasteiger partial charge in [0.05, 0.1) is 25.2 Å². The summed E-state index contributed by atoms with van der Waals surface area (Å²) in [7, 11) is 3.82. The Balaban J connectivity index is 2.24. The van der Waals surface area contributed by atoms with Crippen molar-refractivity contribution in [3.63, 3.8) is 0 Å². The third kappa shape index (κ3) is 2.74. The number of hydroxylamine groups is 2. The second-order valence-corrected chi connectivity index (χ2v) is 5.79. The molecule has 0 radical (unpaired) electrons. The predicted octanol–water partition coefficient (Wildman–Crippen LogP) is 1.62. The topological polar surface area (TPSA) is 95.3 Å². The summed E-state index contributed by atoms with van der Waals surface area (Å²) in [5.74, 6) is -1.97. The van der Waals surface area contributed by atoms with Crippen molar-refractivity contribution in [3.05, 3.63) is 57.1 Å². The second kappa shape index (κ2) is 6.64. The Bertz CT molecular complexity index is 989. The molecule has 0 saturated heterocycles. The largest absolute Gasteiger partial charge is 0.465 e. The molecular weight excluding hydrogens is 342 g/mol. The summed E-state index contributed by atoms with van der Waals surface area (Å²) in [5, 5.41) is 1.58. The number of methoxy groups -OCH3 is 2. The van der Waals surface area contributed by atoms with Crippen LogP contribution in [-0.4, -0.2) is 38.3 Å². The van der Waals surface area contributed by atoms with Crippen LogP contribution in [0, 0.1) is 6.92 Å². The maximum Gasteiger partial charge on any atom is 0.376 e. The maximum atomic E-state index is 13.0. The molecule has 0 saturated carbocycles. The van der Waals surface area contributed by atoms with Gasteiger partial charge in [-0.15, -0.1) is 5.06 Å². The number of aryl methyl sites for hydroxylation is 1. The van der Waals surface area contributed by atoms with Gasteiger partial charge in [-0.25, -0.2) is 9.59 Å². The van der Waals surface area contributed by atoms with Gasteiger partial charge in [-0.3, -0.25) is 4.79 Å². The first-order chi connectivity index (χ1) is 12.4. The Labute approximate surface area is 148 Å². The van der Waals surface area contributed by atoms with E-state index in [-0.39, 0.29) is 22.3 Å². The number of ether oxygens (including phenoxy) is 2. The highest BCUT2D eigenvalue weighted by Crippen LogP contribution is 2.37. The van der Waals surface area contributed by atoms with Gasteiger partial charge in [0.1, 0.15) is 23.5 Å². The lowest BCUT2D eigenvalue weighted by Gasteiger charge is -2.19. The van der Waals surface area contributed by atoms with Crippen LogP contribution in [0.1, 0.15) is 17.2 Å². The Morgan fingerprint density at radius 3 is 2.50 bits per heavy atom. The standard InChI is InChI=1S/C18H17NO7/c1-9-5-6-12-10(7-9)15(20)11(8-25-12)14-13(17(21)23-3)16(18(22)24-4)26-19(14)2/h5-8,14H,1-4H3. The third-order valence-electron chi connectivity index (χ3n) is 4.14. The van der Waals surface area contributed by atoms with Crippen molar-refractivity contribution in [1.29, 1.82) is 0 Å². The lowest BCUT2D eigenvalue weighted by atomic mass is 9.98. The molecule has 0 fully saturated rings. The molecule has 26 heavy (non-hydrogen) atoms. The highest BCUT2D eigenvalue weighted by atomic mass is 16.7. The van der Waals surface area contributed by atoms with E-state index in [2.05, 4.69) is 4.74 Å². The fraction of sp³-hybridized carbons (Fsp3) is 0.278. The number of fused-ring (bicyclic) bond motifs is 1. The van der Waals surface area contributed by atoms with Crippen LogP contribution < -0.4 is 5.43 Å². The molecule has 2 aromatic rings. The van der Waals surface area contributed by atoms with Crippen molar-refractivity contribution in [1.82, 2.24) is 5.06 Å². The van der Waals surface area contributed by atoms with E-state index < -0.39 is 18.0 Å².